The molecule has 1 N–H and O–H groups in total. The molecule has 1 saturated heterocycles. The molecule has 0 amide bonds. The van der Waals surface area contributed by atoms with Crippen LogP contribution >= 0.6 is 15.9 Å². The Hall–Kier alpha value is -1.85. The van der Waals surface area contributed by atoms with Gasteiger partial charge in [0.1, 0.15) is 17.2 Å². The molecule has 0 spiro atoms. The SMILES string of the molecule is O=S(=O)(CCCc1nonc1/C(Cc1ccc(F)c(Br)c1)=N/O)N1CCCC1. The zero-order chi connectivity index (χ0) is 20.1. The summed E-state index contributed by atoms with van der Waals surface area (Å²) >= 11 is 3.12. The van der Waals surface area contributed by atoms with Gasteiger partial charge >= 0.3 is 0 Å². The number of benzene rings is 1. The van der Waals surface area contributed by atoms with Crippen LogP contribution in [-0.2, 0) is 22.9 Å². The minimum atomic E-state index is -3.28. The number of hydrogen-bond acceptors (Lipinski definition) is 7. The highest BCUT2D eigenvalue weighted by Gasteiger charge is 2.25. The van der Waals surface area contributed by atoms with Crippen LogP contribution in [0.3, 0.4) is 0 Å². The van der Waals surface area contributed by atoms with Crippen molar-refractivity contribution in [3.8, 4) is 0 Å². The van der Waals surface area contributed by atoms with Gasteiger partial charge in [-0.1, -0.05) is 16.4 Å². The molecular formula is C17H20BrFN4O4S. The molecule has 2 heterocycles. The largest absolute Gasteiger partial charge is 0.411 e. The molecule has 152 valence electrons. The summed E-state index contributed by atoms with van der Waals surface area (Å²) in [6.45, 7) is 1.15. The lowest BCUT2D eigenvalue weighted by Crippen LogP contribution is -2.30. The monoisotopic (exact) mass is 474 g/mol. The van der Waals surface area contributed by atoms with Crippen molar-refractivity contribution in [2.45, 2.75) is 32.1 Å². The maximum atomic E-state index is 13.4. The third kappa shape index (κ3) is 4.95. The van der Waals surface area contributed by atoms with E-state index in [-0.39, 0.29) is 23.6 Å². The average Bonchev–Trinajstić information content (AvgIpc) is 3.35. The van der Waals surface area contributed by atoms with Crippen LogP contribution in [0.5, 0.6) is 0 Å². The highest BCUT2D eigenvalue weighted by atomic mass is 79.9. The Balaban J connectivity index is 1.65. The van der Waals surface area contributed by atoms with Crippen molar-refractivity contribution in [1.82, 2.24) is 14.6 Å². The van der Waals surface area contributed by atoms with Gasteiger partial charge in [-0.15, -0.1) is 0 Å². The number of oxime groups is 1. The van der Waals surface area contributed by atoms with Crippen molar-refractivity contribution in [2.24, 2.45) is 5.16 Å². The fourth-order valence-corrected chi connectivity index (χ4v) is 5.12. The number of halogens is 2. The highest BCUT2D eigenvalue weighted by molar-refractivity contribution is 9.10. The van der Waals surface area contributed by atoms with Gasteiger partial charge < -0.3 is 5.21 Å². The first-order valence-electron chi connectivity index (χ1n) is 8.85. The molecule has 1 aliphatic heterocycles. The van der Waals surface area contributed by atoms with Crippen molar-refractivity contribution in [3.05, 3.63) is 45.4 Å². The molecule has 0 unspecified atom stereocenters. The van der Waals surface area contributed by atoms with E-state index in [1.165, 1.54) is 10.4 Å². The summed E-state index contributed by atoms with van der Waals surface area (Å²) in [6, 6.07) is 4.46. The molecule has 28 heavy (non-hydrogen) atoms. The van der Waals surface area contributed by atoms with E-state index in [2.05, 4.69) is 31.4 Å². The number of sulfonamides is 1. The van der Waals surface area contributed by atoms with E-state index in [1.54, 1.807) is 12.1 Å². The molecule has 1 aromatic carbocycles. The highest BCUT2D eigenvalue weighted by Crippen LogP contribution is 2.19. The molecule has 8 nitrogen and oxygen atoms in total. The van der Waals surface area contributed by atoms with E-state index in [9.17, 15) is 18.0 Å². The second-order valence-corrected chi connectivity index (χ2v) is 9.50. The maximum Gasteiger partial charge on any atom is 0.214 e. The zero-order valence-electron chi connectivity index (χ0n) is 15.0. The number of hydrogen-bond donors (Lipinski definition) is 1. The van der Waals surface area contributed by atoms with Crippen LogP contribution in [0.15, 0.2) is 32.5 Å². The standard InChI is InChI=1S/C17H20BrFN4O4S/c18-13-10-12(5-6-14(13)19)11-16(20-24)17-15(21-27-22-17)4-3-9-28(25,26)23-7-1-2-8-23/h5-6,10,24H,1-4,7-9,11H2/b20-16+. The molecular weight excluding hydrogens is 455 g/mol. The van der Waals surface area contributed by atoms with Crippen molar-refractivity contribution in [3.63, 3.8) is 0 Å². The Morgan fingerprint density at radius 1 is 1.32 bits per heavy atom. The van der Waals surface area contributed by atoms with Gasteiger partial charge in [-0.3, -0.25) is 0 Å². The molecule has 0 saturated carbocycles. The molecule has 3 rings (SSSR count). The van der Waals surface area contributed by atoms with Gasteiger partial charge in [0, 0.05) is 19.5 Å². The van der Waals surface area contributed by atoms with E-state index in [0.29, 0.717) is 41.7 Å². The minimum Gasteiger partial charge on any atom is -0.411 e. The first kappa shape index (κ1) is 20.9. The van der Waals surface area contributed by atoms with Gasteiger partial charge in [0.15, 0.2) is 5.69 Å². The summed E-state index contributed by atoms with van der Waals surface area (Å²) < 4.78 is 44.6. The molecule has 0 radical (unpaired) electrons. The molecule has 0 aliphatic carbocycles. The van der Waals surface area contributed by atoms with Gasteiger partial charge in [0.25, 0.3) is 0 Å². The van der Waals surface area contributed by atoms with E-state index < -0.39 is 15.8 Å². The van der Waals surface area contributed by atoms with Crippen molar-refractivity contribution < 1.29 is 22.6 Å². The first-order chi connectivity index (χ1) is 13.4. The summed E-state index contributed by atoms with van der Waals surface area (Å²) in [5.74, 6) is -0.384. The predicted octanol–water partition coefficient (Wildman–Crippen LogP) is 2.75. The normalized spacial score (nSPS) is 16.0. The van der Waals surface area contributed by atoms with Crippen LogP contribution in [0.2, 0.25) is 0 Å². The van der Waals surface area contributed by atoms with E-state index in [1.807, 2.05) is 0 Å². The fourth-order valence-electron chi connectivity index (χ4n) is 3.12. The number of rotatable bonds is 8. The van der Waals surface area contributed by atoms with E-state index in [4.69, 9.17) is 4.63 Å². The Kier molecular flexibility index (Phi) is 6.78. The maximum absolute atomic E-state index is 13.4. The number of aromatic nitrogens is 2. The summed E-state index contributed by atoms with van der Waals surface area (Å²) in [7, 11) is -3.28. The third-order valence-corrected chi connectivity index (χ3v) is 7.14. The Labute approximate surface area is 170 Å². The average molecular weight is 475 g/mol. The summed E-state index contributed by atoms with van der Waals surface area (Å²) in [6.07, 6.45) is 2.64. The van der Waals surface area contributed by atoms with Gasteiger partial charge in [0.05, 0.1) is 10.2 Å². The summed E-state index contributed by atoms with van der Waals surface area (Å²) in [4.78, 5) is 0. The van der Waals surface area contributed by atoms with Crippen LogP contribution < -0.4 is 0 Å². The van der Waals surface area contributed by atoms with Gasteiger partial charge in [-0.25, -0.2) is 21.7 Å². The molecule has 11 heteroatoms. The summed E-state index contributed by atoms with van der Waals surface area (Å²) in [5, 5.41) is 20.3. The Morgan fingerprint density at radius 3 is 2.75 bits per heavy atom. The quantitative estimate of drug-likeness (QED) is 0.357. The van der Waals surface area contributed by atoms with Crippen molar-refractivity contribution >= 4 is 31.7 Å². The topological polar surface area (TPSA) is 109 Å². The van der Waals surface area contributed by atoms with E-state index in [0.717, 1.165) is 12.8 Å². The van der Waals surface area contributed by atoms with Crippen LogP contribution in [0, 0.1) is 5.82 Å². The van der Waals surface area contributed by atoms with Gasteiger partial charge in [-0.2, -0.15) is 0 Å². The predicted molar refractivity (Wildman–Crippen MR) is 103 cm³/mol. The van der Waals surface area contributed by atoms with Crippen LogP contribution in [0.25, 0.3) is 0 Å². The van der Waals surface area contributed by atoms with Crippen LogP contribution in [0.4, 0.5) is 4.39 Å². The minimum absolute atomic E-state index is 0.00973. The molecule has 1 fully saturated rings. The van der Waals surface area contributed by atoms with Gasteiger partial charge in [0.2, 0.25) is 10.0 Å². The fraction of sp³-hybridized carbons (Fsp3) is 0.471. The third-order valence-electron chi connectivity index (χ3n) is 4.58. The first-order valence-corrected chi connectivity index (χ1v) is 11.3. The second kappa shape index (κ2) is 9.10. The second-order valence-electron chi connectivity index (χ2n) is 6.56. The van der Waals surface area contributed by atoms with Crippen molar-refractivity contribution in [2.75, 3.05) is 18.8 Å². The van der Waals surface area contributed by atoms with Crippen LogP contribution in [0.1, 0.15) is 36.2 Å². The Bertz CT molecular complexity index is 958. The zero-order valence-corrected chi connectivity index (χ0v) is 17.4. The molecule has 0 bridgehead atoms. The molecule has 1 aliphatic rings. The molecule has 0 atom stereocenters. The lowest BCUT2D eigenvalue weighted by Gasteiger charge is -2.14. The smallest absolute Gasteiger partial charge is 0.214 e. The number of aryl methyl sites for hydroxylation is 1. The van der Waals surface area contributed by atoms with E-state index >= 15 is 0 Å². The molecule has 1 aromatic heterocycles. The Morgan fingerprint density at radius 2 is 2.07 bits per heavy atom. The lowest BCUT2D eigenvalue weighted by atomic mass is 10.0. The molecule has 2 aromatic rings. The lowest BCUT2D eigenvalue weighted by molar-refractivity contribution is 0.300. The van der Waals surface area contributed by atoms with Crippen molar-refractivity contribution in [1.29, 1.82) is 0 Å². The van der Waals surface area contributed by atoms with Crippen LogP contribution in [-0.4, -0.2) is 52.8 Å². The van der Waals surface area contributed by atoms with Gasteiger partial charge in [-0.05, 0) is 64.5 Å². The summed E-state index contributed by atoms with van der Waals surface area (Å²) in [5.41, 5.74) is 1.59. The number of nitrogens with zero attached hydrogens (tertiary/aromatic N) is 4.